The summed E-state index contributed by atoms with van der Waals surface area (Å²) in [5.74, 6) is 0.320. The van der Waals surface area contributed by atoms with Crippen LogP contribution in [-0.2, 0) is 6.54 Å². The smallest absolute Gasteiger partial charge is 0.285 e. The van der Waals surface area contributed by atoms with E-state index in [4.69, 9.17) is 16.3 Å². The van der Waals surface area contributed by atoms with Crippen LogP contribution in [-0.4, -0.2) is 38.6 Å². The Labute approximate surface area is 147 Å². The molecule has 0 spiro atoms. The number of hydrogen-bond acceptors (Lipinski definition) is 4. The third kappa shape index (κ3) is 2.76. The quantitative estimate of drug-likeness (QED) is 0.721. The van der Waals surface area contributed by atoms with Crippen molar-refractivity contribution in [3.63, 3.8) is 0 Å². The molecular formula is C17H15ClN4O3. The number of benzene rings is 1. The number of rotatable bonds is 1. The molecule has 1 aliphatic rings. The van der Waals surface area contributed by atoms with Crippen LogP contribution in [0.4, 0.5) is 0 Å². The minimum Gasteiger partial charge on any atom is -0.491 e. The zero-order valence-electron chi connectivity index (χ0n) is 13.5. The number of ether oxygens (including phenoxy) is 1. The van der Waals surface area contributed by atoms with Crippen LogP contribution >= 0.6 is 11.6 Å². The number of nitrogens with one attached hydrogen (secondary N) is 1. The molecule has 128 valence electrons. The van der Waals surface area contributed by atoms with Crippen molar-refractivity contribution in [2.45, 2.75) is 13.5 Å². The standard InChI is InChI=1S/C17H15ClN4O3/c1-10-6-15-19-8-13(17(24)22(15)20-10)16(23)21-4-5-25-14-3-2-12(18)7-11(14)9-21/h2-3,6-8,20H,4-5,9H2,1H3. The summed E-state index contributed by atoms with van der Waals surface area (Å²) in [6, 6.07) is 7.05. The zero-order chi connectivity index (χ0) is 17.6. The minimum atomic E-state index is -0.417. The number of amides is 1. The first kappa shape index (κ1) is 15.7. The van der Waals surface area contributed by atoms with Gasteiger partial charge in [-0.2, -0.15) is 0 Å². The molecule has 8 heteroatoms. The highest BCUT2D eigenvalue weighted by molar-refractivity contribution is 6.30. The van der Waals surface area contributed by atoms with Gasteiger partial charge in [0.1, 0.15) is 17.9 Å². The van der Waals surface area contributed by atoms with E-state index in [9.17, 15) is 9.59 Å². The summed E-state index contributed by atoms with van der Waals surface area (Å²) >= 11 is 6.04. The number of nitrogens with zero attached hydrogens (tertiary/aromatic N) is 3. The van der Waals surface area contributed by atoms with Crippen molar-refractivity contribution in [1.82, 2.24) is 19.5 Å². The number of aromatic nitrogens is 3. The Hall–Kier alpha value is -2.80. The molecule has 4 rings (SSSR count). The van der Waals surface area contributed by atoms with Crippen LogP contribution in [0.3, 0.4) is 0 Å². The molecule has 0 unspecified atom stereocenters. The maximum absolute atomic E-state index is 12.9. The van der Waals surface area contributed by atoms with Gasteiger partial charge in [0.25, 0.3) is 11.5 Å². The van der Waals surface area contributed by atoms with Gasteiger partial charge in [0.05, 0.1) is 6.54 Å². The molecule has 1 N–H and O–H groups in total. The lowest BCUT2D eigenvalue weighted by atomic mass is 10.2. The van der Waals surface area contributed by atoms with Gasteiger partial charge >= 0.3 is 0 Å². The van der Waals surface area contributed by atoms with Crippen LogP contribution in [0.1, 0.15) is 21.6 Å². The normalized spacial score (nSPS) is 14.1. The summed E-state index contributed by atoms with van der Waals surface area (Å²) < 4.78 is 6.95. The fraction of sp³-hybridized carbons (Fsp3) is 0.235. The second-order valence-corrected chi connectivity index (χ2v) is 6.37. The van der Waals surface area contributed by atoms with Gasteiger partial charge in [0.2, 0.25) is 0 Å². The average Bonchev–Trinajstić information content (AvgIpc) is 2.84. The lowest BCUT2D eigenvalue weighted by Gasteiger charge is -2.19. The maximum Gasteiger partial charge on any atom is 0.285 e. The number of halogens is 1. The van der Waals surface area contributed by atoms with Crippen molar-refractivity contribution in [2.75, 3.05) is 13.2 Å². The van der Waals surface area contributed by atoms with Crippen molar-refractivity contribution in [1.29, 1.82) is 0 Å². The second kappa shape index (κ2) is 5.93. The molecule has 25 heavy (non-hydrogen) atoms. The van der Waals surface area contributed by atoms with Gasteiger partial charge in [-0.3, -0.25) is 14.7 Å². The van der Waals surface area contributed by atoms with E-state index in [1.165, 1.54) is 10.7 Å². The summed E-state index contributed by atoms with van der Waals surface area (Å²) in [4.78, 5) is 31.3. The van der Waals surface area contributed by atoms with Crippen molar-refractivity contribution < 1.29 is 9.53 Å². The topological polar surface area (TPSA) is 79.7 Å². The Morgan fingerprint density at radius 2 is 2.20 bits per heavy atom. The van der Waals surface area contributed by atoms with Gasteiger partial charge in [0.15, 0.2) is 5.65 Å². The molecule has 2 aromatic heterocycles. The number of carbonyl (C=O) groups excluding carboxylic acids is 1. The highest BCUT2D eigenvalue weighted by Crippen LogP contribution is 2.26. The van der Waals surface area contributed by atoms with Crippen molar-refractivity contribution in [3.05, 3.63) is 62.7 Å². The molecule has 0 fully saturated rings. The minimum absolute atomic E-state index is 0.0184. The van der Waals surface area contributed by atoms with Crippen molar-refractivity contribution >= 4 is 23.2 Å². The number of aromatic amines is 1. The number of aryl methyl sites for hydroxylation is 1. The average molecular weight is 359 g/mol. The first-order chi connectivity index (χ1) is 12.0. The molecular weight excluding hydrogens is 344 g/mol. The predicted molar refractivity (Wildman–Crippen MR) is 92.2 cm³/mol. The number of H-pyrrole nitrogens is 1. The molecule has 0 saturated heterocycles. The van der Waals surface area contributed by atoms with E-state index in [0.29, 0.717) is 36.1 Å². The Morgan fingerprint density at radius 1 is 1.36 bits per heavy atom. The number of carbonyl (C=O) groups is 1. The molecule has 3 heterocycles. The van der Waals surface area contributed by atoms with E-state index in [1.54, 1.807) is 29.2 Å². The fourth-order valence-corrected chi connectivity index (χ4v) is 3.13. The third-order valence-electron chi connectivity index (χ3n) is 4.14. The summed E-state index contributed by atoms with van der Waals surface area (Å²) in [6.07, 6.45) is 1.33. The molecule has 0 bridgehead atoms. The molecule has 1 amide bonds. The molecule has 0 aliphatic carbocycles. The second-order valence-electron chi connectivity index (χ2n) is 5.94. The van der Waals surface area contributed by atoms with Gasteiger partial charge in [-0.25, -0.2) is 9.50 Å². The van der Waals surface area contributed by atoms with E-state index >= 15 is 0 Å². The zero-order valence-corrected chi connectivity index (χ0v) is 14.2. The molecule has 1 aromatic carbocycles. The summed E-state index contributed by atoms with van der Waals surface area (Å²) in [5, 5.41) is 3.46. The first-order valence-electron chi connectivity index (χ1n) is 7.81. The van der Waals surface area contributed by atoms with Crippen LogP contribution in [0.15, 0.2) is 35.3 Å². The lowest BCUT2D eigenvalue weighted by molar-refractivity contribution is 0.0730. The SMILES string of the molecule is Cc1cc2ncc(C(=O)N3CCOc4ccc(Cl)cc4C3)c(=O)n2[nH]1. The van der Waals surface area contributed by atoms with E-state index in [1.807, 2.05) is 6.92 Å². The van der Waals surface area contributed by atoms with Crippen LogP contribution in [0.25, 0.3) is 5.65 Å². The van der Waals surface area contributed by atoms with Crippen molar-refractivity contribution in [2.24, 2.45) is 0 Å². The monoisotopic (exact) mass is 358 g/mol. The van der Waals surface area contributed by atoms with E-state index < -0.39 is 5.56 Å². The molecule has 0 atom stereocenters. The van der Waals surface area contributed by atoms with Crippen LogP contribution in [0.5, 0.6) is 5.75 Å². The Kier molecular flexibility index (Phi) is 3.73. The molecule has 0 saturated carbocycles. The highest BCUT2D eigenvalue weighted by Gasteiger charge is 2.24. The summed E-state index contributed by atoms with van der Waals surface area (Å²) in [6.45, 7) is 2.86. The van der Waals surface area contributed by atoms with Crippen molar-refractivity contribution in [3.8, 4) is 5.75 Å². The molecule has 7 nitrogen and oxygen atoms in total. The Morgan fingerprint density at radius 3 is 3.04 bits per heavy atom. The van der Waals surface area contributed by atoms with Crippen LogP contribution < -0.4 is 10.3 Å². The van der Waals surface area contributed by atoms with E-state index in [0.717, 1.165) is 11.3 Å². The van der Waals surface area contributed by atoms with Gasteiger partial charge in [0, 0.05) is 35.1 Å². The Bertz CT molecular complexity index is 1040. The van der Waals surface area contributed by atoms with E-state index in [2.05, 4.69) is 10.1 Å². The largest absolute Gasteiger partial charge is 0.491 e. The predicted octanol–water partition coefficient (Wildman–Crippen LogP) is 2.02. The van der Waals surface area contributed by atoms with E-state index in [-0.39, 0.29) is 11.5 Å². The van der Waals surface area contributed by atoms with Crippen LogP contribution in [0.2, 0.25) is 5.02 Å². The highest BCUT2D eigenvalue weighted by atomic mass is 35.5. The first-order valence-corrected chi connectivity index (χ1v) is 8.18. The summed E-state index contributed by atoms with van der Waals surface area (Å²) in [7, 11) is 0. The number of fused-ring (bicyclic) bond motifs is 2. The molecule has 3 aromatic rings. The fourth-order valence-electron chi connectivity index (χ4n) is 2.93. The van der Waals surface area contributed by atoms with Gasteiger partial charge in [-0.1, -0.05) is 11.6 Å². The van der Waals surface area contributed by atoms with Crippen LogP contribution in [0, 0.1) is 6.92 Å². The lowest BCUT2D eigenvalue weighted by Crippen LogP contribution is -2.37. The van der Waals surface area contributed by atoms with Gasteiger partial charge in [-0.05, 0) is 25.1 Å². The van der Waals surface area contributed by atoms with Gasteiger partial charge < -0.3 is 9.64 Å². The van der Waals surface area contributed by atoms with Gasteiger partial charge in [-0.15, -0.1) is 0 Å². The summed E-state index contributed by atoms with van der Waals surface area (Å²) in [5.41, 5.74) is 1.68. The molecule has 0 radical (unpaired) electrons. The number of hydrogen-bond donors (Lipinski definition) is 1. The molecule has 1 aliphatic heterocycles. The third-order valence-corrected chi connectivity index (χ3v) is 4.38. The maximum atomic E-state index is 12.9. The Balaban J connectivity index is 1.71.